The van der Waals surface area contributed by atoms with Crippen LogP contribution in [-0.2, 0) is 0 Å². The zero-order valence-corrected chi connectivity index (χ0v) is 13.9. The van der Waals surface area contributed by atoms with Gasteiger partial charge in [0.15, 0.2) is 0 Å². The summed E-state index contributed by atoms with van der Waals surface area (Å²) in [6.45, 7) is 1.45. The molecule has 4 N–H and O–H groups in total. The van der Waals surface area contributed by atoms with Gasteiger partial charge < -0.3 is 20.7 Å². The summed E-state index contributed by atoms with van der Waals surface area (Å²) in [6, 6.07) is 8.40. The Morgan fingerprint density at radius 3 is 2.54 bits per heavy atom. The van der Waals surface area contributed by atoms with Gasteiger partial charge in [-0.1, -0.05) is 0 Å². The fourth-order valence-electron chi connectivity index (χ4n) is 2.51. The Balaban J connectivity index is 1.92. The van der Waals surface area contributed by atoms with Crippen molar-refractivity contribution in [1.82, 2.24) is 5.32 Å². The number of amides is 3. The maximum absolute atomic E-state index is 13.1. The molecule has 2 heterocycles. The molecule has 0 atom stereocenters. The standard InChI is InChI=1S/C16H18N4O3S/c1-23-12-4-2-10(3-5-12)20(11-8-18-9-11)15(21)13-6-7-24-14(13)19-16(17)22/h2-7,11,18H,8-9H2,1H3,(H3,17,19,22). The second-order valence-corrected chi connectivity index (χ2v) is 6.25. The molecule has 1 fully saturated rings. The third kappa shape index (κ3) is 3.19. The number of carbonyl (C=O) groups is 2. The van der Waals surface area contributed by atoms with Gasteiger partial charge in [-0.25, -0.2) is 4.79 Å². The van der Waals surface area contributed by atoms with Crippen LogP contribution in [0.25, 0.3) is 0 Å². The number of primary amides is 1. The van der Waals surface area contributed by atoms with E-state index >= 15 is 0 Å². The van der Waals surface area contributed by atoms with E-state index in [4.69, 9.17) is 10.5 Å². The van der Waals surface area contributed by atoms with Crippen molar-refractivity contribution in [3.05, 3.63) is 41.3 Å². The van der Waals surface area contributed by atoms with Crippen molar-refractivity contribution < 1.29 is 14.3 Å². The summed E-state index contributed by atoms with van der Waals surface area (Å²) in [5, 5.41) is 7.89. The second kappa shape index (κ2) is 6.90. The first kappa shape index (κ1) is 16.3. The lowest BCUT2D eigenvalue weighted by Crippen LogP contribution is -2.59. The number of hydrogen-bond donors (Lipinski definition) is 3. The van der Waals surface area contributed by atoms with Crippen LogP contribution in [0.4, 0.5) is 15.5 Å². The van der Waals surface area contributed by atoms with Gasteiger partial charge in [0.25, 0.3) is 5.91 Å². The predicted molar refractivity (Wildman–Crippen MR) is 94.0 cm³/mol. The Bertz CT molecular complexity index is 740. The molecule has 24 heavy (non-hydrogen) atoms. The number of ether oxygens (including phenoxy) is 1. The highest BCUT2D eigenvalue weighted by Crippen LogP contribution is 2.29. The van der Waals surface area contributed by atoms with Gasteiger partial charge in [-0.15, -0.1) is 11.3 Å². The van der Waals surface area contributed by atoms with Crippen LogP contribution in [0.2, 0.25) is 0 Å². The van der Waals surface area contributed by atoms with Crippen LogP contribution in [0.5, 0.6) is 5.75 Å². The molecule has 1 saturated heterocycles. The molecule has 3 amide bonds. The largest absolute Gasteiger partial charge is 0.497 e. The highest BCUT2D eigenvalue weighted by Gasteiger charge is 2.32. The number of thiophene rings is 1. The maximum Gasteiger partial charge on any atom is 0.317 e. The number of methoxy groups -OCH3 is 1. The fraction of sp³-hybridized carbons (Fsp3) is 0.250. The van der Waals surface area contributed by atoms with E-state index in [9.17, 15) is 9.59 Å². The van der Waals surface area contributed by atoms with Gasteiger partial charge in [0.05, 0.1) is 18.7 Å². The second-order valence-electron chi connectivity index (χ2n) is 5.34. The van der Waals surface area contributed by atoms with Gasteiger partial charge >= 0.3 is 6.03 Å². The van der Waals surface area contributed by atoms with Crippen molar-refractivity contribution in [2.24, 2.45) is 5.73 Å². The number of benzene rings is 1. The van der Waals surface area contributed by atoms with Gasteiger partial charge in [0.2, 0.25) is 0 Å². The van der Waals surface area contributed by atoms with Crippen LogP contribution < -0.4 is 26.0 Å². The molecule has 8 heteroatoms. The molecule has 0 aliphatic carbocycles. The first-order valence-corrected chi connectivity index (χ1v) is 8.30. The fourth-order valence-corrected chi connectivity index (χ4v) is 3.29. The monoisotopic (exact) mass is 346 g/mol. The van der Waals surface area contributed by atoms with E-state index in [2.05, 4.69) is 10.6 Å². The van der Waals surface area contributed by atoms with Gasteiger partial charge in [0.1, 0.15) is 10.8 Å². The topological polar surface area (TPSA) is 96.7 Å². The Morgan fingerprint density at radius 2 is 2.00 bits per heavy atom. The minimum atomic E-state index is -0.687. The molecular weight excluding hydrogens is 328 g/mol. The lowest BCUT2D eigenvalue weighted by atomic mass is 10.1. The summed E-state index contributed by atoms with van der Waals surface area (Å²) < 4.78 is 5.17. The van der Waals surface area contributed by atoms with E-state index in [-0.39, 0.29) is 11.9 Å². The minimum absolute atomic E-state index is 0.0622. The van der Waals surface area contributed by atoms with Crippen molar-refractivity contribution in [2.75, 3.05) is 30.4 Å². The van der Waals surface area contributed by atoms with Gasteiger partial charge in [0, 0.05) is 18.8 Å². The lowest BCUT2D eigenvalue weighted by molar-refractivity contribution is 0.0969. The van der Waals surface area contributed by atoms with Gasteiger partial charge in [-0.2, -0.15) is 0 Å². The van der Waals surface area contributed by atoms with Crippen LogP contribution in [0.1, 0.15) is 10.4 Å². The molecule has 1 aromatic heterocycles. The number of rotatable bonds is 5. The molecule has 1 aliphatic rings. The van der Waals surface area contributed by atoms with Gasteiger partial charge in [-0.3, -0.25) is 10.1 Å². The number of carbonyl (C=O) groups excluding carboxylic acids is 2. The van der Waals surface area contributed by atoms with Crippen LogP contribution >= 0.6 is 11.3 Å². The maximum atomic E-state index is 13.1. The first-order chi connectivity index (χ1) is 11.6. The quantitative estimate of drug-likeness (QED) is 0.770. The Kier molecular flexibility index (Phi) is 4.68. The summed E-state index contributed by atoms with van der Waals surface area (Å²) in [7, 11) is 1.60. The number of anilines is 2. The van der Waals surface area contributed by atoms with Crippen molar-refractivity contribution in [3.63, 3.8) is 0 Å². The Hall–Kier alpha value is -2.58. The smallest absolute Gasteiger partial charge is 0.317 e. The van der Waals surface area contributed by atoms with E-state index in [1.54, 1.807) is 23.5 Å². The SMILES string of the molecule is COc1ccc(N(C(=O)c2ccsc2NC(N)=O)C2CNC2)cc1. The molecule has 0 spiro atoms. The Labute approximate surface area is 143 Å². The lowest BCUT2D eigenvalue weighted by Gasteiger charge is -2.38. The van der Waals surface area contributed by atoms with Crippen LogP contribution in [0.3, 0.4) is 0 Å². The van der Waals surface area contributed by atoms with Crippen LogP contribution in [0.15, 0.2) is 35.7 Å². The molecule has 0 unspecified atom stereocenters. The zero-order chi connectivity index (χ0) is 17.1. The molecular formula is C16H18N4O3S. The molecule has 0 bridgehead atoms. The number of nitrogens with zero attached hydrogens (tertiary/aromatic N) is 1. The van der Waals surface area contributed by atoms with Crippen molar-refractivity contribution >= 4 is 34.0 Å². The van der Waals surface area contributed by atoms with Crippen molar-refractivity contribution in [1.29, 1.82) is 0 Å². The molecule has 2 aromatic rings. The summed E-state index contributed by atoms with van der Waals surface area (Å²) in [5.74, 6) is 0.557. The van der Waals surface area contributed by atoms with E-state index < -0.39 is 6.03 Å². The number of urea groups is 1. The van der Waals surface area contributed by atoms with E-state index in [0.717, 1.165) is 24.5 Å². The predicted octanol–water partition coefficient (Wildman–Crippen LogP) is 1.87. The van der Waals surface area contributed by atoms with E-state index in [1.807, 2.05) is 24.3 Å². The third-order valence-corrected chi connectivity index (χ3v) is 4.66. The molecule has 7 nitrogen and oxygen atoms in total. The summed E-state index contributed by atoms with van der Waals surface area (Å²) in [4.78, 5) is 25.9. The average Bonchev–Trinajstić information content (AvgIpc) is 2.97. The molecule has 0 radical (unpaired) electrons. The minimum Gasteiger partial charge on any atom is -0.497 e. The Morgan fingerprint density at radius 1 is 1.29 bits per heavy atom. The number of nitrogens with one attached hydrogen (secondary N) is 2. The molecule has 0 saturated carbocycles. The number of hydrogen-bond acceptors (Lipinski definition) is 5. The highest BCUT2D eigenvalue weighted by molar-refractivity contribution is 7.14. The molecule has 1 aliphatic heterocycles. The summed E-state index contributed by atoms with van der Waals surface area (Å²) >= 11 is 1.27. The molecule has 1 aromatic carbocycles. The summed E-state index contributed by atoms with van der Waals surface area (Å²) in [6.07, 6.45) is 0. The van der Waals surface area contributed by atoms with Crippen molar-refractivity contribution in [3.8, 4) is 5.75 Å². The highest BCUT2D eigenvalue weighted by atomic mass is 32.1. The van der Waals surface area contributed by atoms with Crippen molar-refractivity contribution in [2.45, 2.75) is 6.04 Å². The average molecular weight is 346 g/mol. The van der Waals surface area contributed by atoms with E-state index in [1.165, 1.54) is 11.3 Å². The first-order valence-electron chi connectivity index (χ1n) is 7.42. The van der Waals surface area contributed by atoms with Gasteiger partial charge in [-0.05, 0) is 35.7 Å². The van der Waals surface area contributed by atoms with Crippen LogP contribution in [-0.4, -0.2) is 38.2 Å². The zero-order valence-electron chi connectivity index (χ0n) is 13.1. The van der Waals surface area contributed by atoms with E-state index in [0.29, 0.717) is 10.6 Å². The third-order valence-electron chi connectivity index (χ3n) is 3.83. The molecule has 3 rings (SSSR count). The number of nitrogens with two attached hydrogens (primary N) is 1. The summed E-state index contributed by atoms with van der Waals surface area (Å²) in [5.41, 5.74) is 6.39. The normalized spacial score (nSPS) is 13.9. The van der Waals surface area contributed by atoms with Crippen LogP contribution in [0, 0.1) is 0 Å². The molecule has 126 valence electrons.